The number of hydrogen-bond donors (Lipinski definition) is 1. The number of thioether (sulfide) groups is 1. The Balaban J connectivity index is 1.77. The molecule has 1 aliphatic rings. The number of amidine groups is 1. The van der Waals surface area contributed by atoms with Gasteiger partial charge in [0.15, 0.2) is 5.17 Å². The van der Waals surface area contributed by atoms with Gasteiger partial charge in [0, 0.05) is 15.3 Å². The summed E-state index contributed by atoms with van der Waals surface area (Å²) in [5.74, 6) is -0.583. The molecule has 0 bridgehead atoms. The van der Waals surface area contributed by atoms with Gasteiger partial charge in [0.05, 0.1) is 4.91 Å². The third-order valence-electron chi connectivity index (χ3n) is 3.18. The summed E-state index contributed by atoms with van der Waals surface area (Å²) in [7, 11) is 0. The van der Waals surface area contributed by atoms with Crippen molar-refractivity contribution in [3.8, 4) is 0 Å². The minimum Gasteiger partial charge on any atom is -0.300 e. The van der Waals surface area contributed by atoms with Crippen LogP contribution in [0.4, 0.5) is 0 Å². The number of carbonyl (C=O) groups excluding carboxylic acids is 2. The fraction of sp³-hybridized carbons (Fsp3) is 0.118. The van der Waals surface area contributed by atoms with Crippen LogP contribution in [0.5, 0.6) is 0 Å². The summed E-state index contributed by atoms with van der Waals surface area (Å²) in [5, 5.41) is 2.96. The van der Waals surface area contributed by atoms with Gasteiger partial charge < -0.3 is 5.32 Å². The van der Waals surface area contributed by atoms with E-state index in [1.807, 2.05) is 18.2 Å². The van der Waals surface area contributed by atoms with Crippen molar-refractivity contribution in [2.45, 2.75) is 13.3 Å². The Bertz CT molecular complexity index is 807. The molecule has 1 aliphatic heterocycles. The van der Waals surface area contributed by atoms with Crippen molar-refractivity contribution in [3.05, 3.63) is 62.7 Å². The van der Waals surface area contributed by atoms with Crippen LogP contribution in [0, 0.1) is 0 Å². The van der Waals surface area contributed by atoms with Gasteiger partial charge in [-0.3, -0.25) is 9.59 Å². The van der Waals surface area contributed by atoms with Crippen molar-refractivity contribution >= 4 is 46.2 Å². The third-order valence-corrected chi connectivity index (χ3v) is 5.27. The zero-order chi connectivity index (χ0) is 16.2. The van der Waals surface area contributed by atoms with E-state index in [-0.39, 0.29) is 11.8 Å². The number of nitrogens with one attached hydrogen (secondary N) is 1. The average Bonchev–Trinajstić information content (AvgIpc) is 3.15. The quantitative estimate of drug-likeness (QED) is 0.865. The van der Waals surface area contributed by atoms with E-state index in [4.69, 9.17) is 0 Å². The van der Waals surface area contributed by atoms with E-state index in [9.17, 15) is 9.59 Å². The summed E-state index contributed by atoms with van der Waals surface area (Å²) in [6.07, 6.45) is 2.81. The monoisotopic (exact) mass is 342 g/mol. The lowest BCUT2D eigenvalue weighted by Crippen LogP contribution is -2.20. The second-order valence-electron chi connectivity index (χ2n) is 4.81. The highest BCUT2D eigenvalue weighted by atomic mass is 32.2. The summed E-state index contributed by atoms with van der Waals surface area (Å²) >= 11 is 2.85. The topological polar surface area (TPSA) is 58.5 Å². The molecule has 23 heavy (non-hydrogen) atoms. The first kappa shape index (κ1) is 15.7. The molecular formula is C17H14N2O2S2. The summed E-state index contributed by atoms with van der Waals surface area (Å²) in [6, 6.07) is 12.8. The molecule has 0 unspecified atom stereocenters. The molecule has 0 saturated carbocycles. The number of nitrogens with zero attached hydrogens (tertiary/aromatic N) is 1. The van der Waals surface area contributed by atoms with Gasteiger partial charge in [-0.05, 0) is 48.5 Å². The molecule has 0 radical (unpaired) electrons. The number of aliphatic imine (C=N–C) groups is 1. The number of thiophene rings is 1. The van der Waals surface area contributed by atoms with Crippen molar-refractivity contribution in [1.82, 2.24) is 5.32 Å². The lowest BCUT2D eigenvalue weighted by Gasteiger charge is -1.95. The molecule has 1 aromatic heterocycles. The molecule has 0 aliphatic carbocycles. The average molecular weight is 342 g/mol. The van der Waals surface area contributed by atoms with Gasteiger partial charge >= 0.3 is 0 Å². The van der Waals surface area contributed by atoms with Crippen LogP contribution in [0.1, 0.15) is 27.0 Å². The second kappa shape index (κ2) is 6.93. The van der Waals surface area contributed by atoms with E-state index in [0.717, 1.165) is 11.3 Å². The highest BCUT2D eigenvalue weighted by molar-refractivity contribution is 8.18. The van der Waals surface area contributed by atoms with Crippen LogP contribution in [0.3, 0.4) is 0 Å². The molecule has 1 saturated heterocycles. The van der Waals surface area contributed by atoms with Crippen LogP contribution in [0.2, 0.25) is 0 Å². The van der Waals surface area contributed by atoms with E-state index in [1.165, 1.54) is 16.6 Å². The summed E-state index contributed by atoms with van der Waals surface area (Å²) in [4.78, 5) is 30.9. The second-order valence-corrected chi connectivity index (χ2v) is 7.04. The van der Waals surface area contributed by atoms with E-state index >= 15 is 0 Å². The molecular weight excluding hydrogens is 328 g/mol. The van der Waals surface area contributed by atoms with Gasteiger partial charge in [-0.2, -0.15) is 4.99 Å². The Kier molecular flexibility index (Phi) is 4.73. The molecule has 4 nitrogen and oxygen atoms in total. The maximum Gasteiger partial charge on any atom is 0.279 e. The molecule has 3 rings (SSSR count). The summed E-state index contributed by atoms with van der Waals surface area (Å²) < 4.78 is 0. The van der Waals surface area contributed by atoms with Crippen molar-refractivity contribution in [2.24, 2.45) is 4.99 Å². The summed E-state index contributed by atoms with van der Waals surface area (Å²) in [6.45, 7) is 2.10. The van der Waals surface area contributed by atoms with Crippen LogP contribution in [0.15, 0.2) is 52.4 Å². The van der Waals surface area contributed by atoms with Gasteiger partial charge in [0.2, 0.25) is 0 Å². The Morgan fingerprint density at radius 1 is 1.22 bits per heavy atom. The molecule has 1 N–H and O–H groups in total. The number of rotatable bonds is 3. The predicted molar refractivity (Wildman–Crippen MR) is 95.6 cm³/mol. The standard InChI is InChI=1S/C17H14N2O2S2/c1-2-12-8-9-13(22-12)10-14-16(21)19-17(23-14)18-15(20)11-6-4-3-5-7-11/h3-10H,2H2,1H3,(H,18,19,20,21)/b14-10-. The maximum atomic E-state index is 12.0. The zero-order valence-electron chi connectivity index (χ0n) is 12.4. The Hall–Kier alpha value is -2.18. The first-order valence-corrected chi connectivity index (χ1v) is 8.76. The van der Waals surface area contributed by atoms with E-state index in [1.54, 1.807) is 35.6 Å². The molecule has 0 atom stereocenters. The SMILES string of the molecule is CCc1ccc(/C=C2\SC(=NC(=O)c3ccccc3)NC2=O)s1. The van der Waals surface area contributed by atoms with Crippen molar-refractivity contribution in [2.75, 3.05) is 0 Å². The Labute approximate surface area is 142 Å². The molecule has 1 fully saturated rings. The fourth-order valence-electron chi connectivity index (χ4n) is 2.01. The Morgan fingerprint density at radius 2 is 2.00 bits per heavy atom. The maximum absolute atomic E-state index is 12.0. The lowest BCUT2D eigenvalue weighted by molar-refractivity contribution is -0.115. The molecule has 0 spiro atoms. The number of carbonyl (C=O) groups is 2. The van der Waals surface area contributed by atoms with Crippen LogP contribution in [0.25, 0.3) is 6.08 Å². The van der Waals surface area contributed by atoms with Crippen LogP contribution >= 0.6 is 23.1 Å². The first-order valence-electron chi connectivity index (χ1n) is 7.13. The van der Waals surface area contributed by atoms with Crippen LogP contribution in [-0.2, 0) is 11.2 Å². The molecule has 1 aromatic carbocycles. The van der Waals surface area contributed by atoms with Crippen LogP contribution in [-0.4, -0.2) is 17.0 Å². The van der Waals surface area contributed by atoms with Gasteiger partial charge in [0.25, 0.3) is 11.8 Å². The predicted octanol–water partition coefficient (Wildman–Crippen LogP) is 3.71. The highest BCUT2D eigenvalue weighted by Crippen LogP contribution is 2.28. The van der Waals surface area contributed by atoms with Gasteiger partial charge in [-0.25, -0.2) is 0 Å². The largest absolute Gasteiger partial charge is 0.300 e. The van der Waals surface area contributed by atoms with Crippen LogP contribution < -0.4 is 5.32 Å². The third kappa shape index (κ3) is 3.78. The smallest absolute Gasteiger partial charge is 0.279 e. The van der Waals surface area contributed by atoms with Crippen molar-refractivity contribution < 1.29 is 9.59 Å². The number of benzene rings is 1. The molecule has 2 aromatic rings. The van der Waals surface area contributed by atoms with Gasteiger partial charge in [-0.1, -0.05) is 25.1 Å². The van der Waals surface area contributed by atoms with Gasteiger partial charge in [0.1, 0.15) is 0 Å². The highest BCUT2D eigenvalue weighted by Gasteiger charge is 2.25. The normalized spacial score (nSPS) is 17.7. The first-order chi connectivity index (χ1) is 11.2. The van der Waals surface area contributed by atoms with E-state index in [0.29, 0.717) is 15.6 Å². The zero-order valence-corrected chi connectivity index (χ0v) is 14.0. The number of aryl methyl sites for hydroxylation is 1. The van der Waals surface area contributed by atoms with Gasteiger partial charge in [-0.15, -0.1) is 11.3 Å². The molecule has 2 heterocycles. The molecule has 6 heteroatoms. The van der Waals surface area contributed by atoms with Crippen molar-refractivity contribution in [1.29, 1.82) is 0 Å². The Morgan fingerprint density at radius 3 is 2.70 bits per heavy atom. The number of amides is 2. The minimum atomic E-state index is -0.362. The van der Waals surface area contributed by atoms with E-state index < -0.39 is 0 Å². The molecule has 116 valence electrons. The lowest BCUT2D eigenvalue weighted by atomic mass is 10.2. The molecule has 2 amide bonds. The minimum absolute atomic E-state index is 0.221. The summed E-state index contributed by atoms with van der Waals surface area (Å²) in [5.41, 5.74) is 0.498. The fourth-order valence-corrected chi connectivity index (χ4v) is 3.79. The van der Waals surface area contributed by atoms with E-state index in [2.05, 4.69) is 23.3 Å². The number of hydrogen-bond acceptors (Lipinski definition) is 4. The van der Waals surface area contributed by atoms with Crippen molar-refractivity contribution in [3.63, 3.8) is 0 Å².